The zero-order valence-electron chi connectivity index (χ0n) is 49.7. The molecule has 3 aromatic heterocycles. The molecule has 0 saturated carbocycles. The van der Waals surface area contributed by atoms with E-state index in [9.17, 15) is 39.6 Å². The first-order chi connectivity index (χ1) is 43.9. The fourth-order valence-electron chi connectivity index (χ4n) is 9.91. The predicted molar refractivity (Wildman–Crippen MR) is 327 cm³/mol. The Kier molecular flexibility index (Phi) is 22.5. The number of nitrogens with one attached hydrogen (secondary N) is 4. The van der Waals surface area contributed by atoms with E-state index in [1.807, 2.05) is 66.7 Å². The number of aromatic nitrogens is 6. The number of hydrogen-bond acceptors (Lipinski definition) is 22. The molecule has 5 heterocycles. The number of H-pyrrole nitrogens is 2. The number of nitrogens with two attached hydrogens (primary N) is 1. The van der Waals surface area contributed by atoms with Gasteiger partial charge in [0.2, 0.25) is 17.8 Å². The minimum Gasteiger partial charge on any atom is -0.508 e. The van der Waals surface area contributed by atoms with Crippen LogP contribution in [0.5, 0.6) is 17.2 Å². The minimum atomic E-state index is -4.95. The van der Waals surface area contributed by atoms with Crippen molar-refractivity contribution < 1.29 is 65.6 Å². The Bertz CT molecular complexity index is 4000. The number of rotatable bonds is 28. The van der Waals surface area contributed by atoms with Gasteiger partial charge in [-0.1, -0.05) is 92.4 Å². The Morgan fingerprint density at radius 1 is 0.824 bits per heavy atom. The third-order valence-electron chi connectivity index (χ3n) is 14.5. The van der Waals surface area contributed by atoms with E-state index in [1.54, 1.807) is 64.5 Å². The van der Waals surface area contributed by atoms with E-state index in [2.05, 4.69) is 42.4 Å². The Morgan fingerprint density at radius 3 is 2.10 bits per heavy atom. The molecule has 4 unspecified atom stereocenters. The molecule has 7 aromatic rings. The lowest BCUT2D eigenvalue weighted by atomic mass is 9.80. The van der Waals surface area contributed by atoms with Crippen LogP contribution in [-0.4, -0.2) is 118 Å². The number of phenolic OH excluding ortho intramolecular Hbond substituents is 1. The van der Waals surface area contributed by atoms with Crippen molar-refractivity contribution in [3.8, 4) is 41.2 Å². The van der Waals surface area contributed by atoms with Crippen molar-refractivity contribution in [3.05, 3.63) is 175 Å². The zero-order chi connectivity index (χ0) is 64.7. The third kappa shape index (κ3) is 16.5. The summed E-state index contributed by atoms with van der Waals surface area (Å²) in [7, 11) is -4.05. The van der Waals surface area contributed by atoms with Crippen molar-refractivity contribution in [2.45, 2.75) is 88.4 Å². The molecular formula is C61H65N11O17P2. The van der Waals surface area contributed by atoms with Crippen LogP contribution in [-0.2, 0) is 63.0 Å². The summed E-state index contributed by atoms with van der Waals surface area (Å²) in [5.41, 5.74) is 4.77. The van der Waals surface area contributed by atoms with Crippen LogP contribution in [0.15, 0.2) is 130 Å². The van der Waals surface area contributed by atoms with Crippen molar-refractivity contribution in [2.24, 2.45) is 11.4 Å². The van der Waals surface area contributed by atoms with Crippen LogP contribution in [0.4, 0.5) is 5.95 Å². The van der Waals surface area contributed by atoms with Gasteiger partial charge >= 0.3 is 13.5 Å². The molecule has 476 valence electrons. The van der Waals surface area contributed by atoms with E-state index < -0.39 is 101 Å². The van der Waals surface area contributed by atoms with Gasteiger partial charge in [0.25, 0.3) is 19.6 Å². The number of imidazole rings is 1. The van der Waals surface area contributed by atoms with Gasteiger partial charge in [-0.05, 0) is 58.7 Å². The molecule has 2 aliphatic rings. The van der Waals surface area contributed by atoms with Crippen LogP contribution >= 0.6 is 16.3 Å². The number of ether oxygens (including phenoxy) is 5. The highest BCUT2D eigenvalue weighted by atomic mass is 31.2. The molecule has 4 aromatic carbocycles. The van der Waals surface area contributed by atoms with Crippen molar-refractivity contribution in [1.29, 1.82) is 10.5 Å². The summed E-state index contributed by atoms with van der Waals surface area (Å²) >= 11 is 0. The maximum absolute atomic E-state index is 15.5. The van der Waals surface area contributed by atoms with Gasteiger partial charge in [0.1, 0.15) is 59.2 Å². The molecule has 8 atom stereocenters. The molecule has 7 N–H and O–H groups in total. The number of carbonyl (C=O) groups is 2. The van der Waals surface area contributed by atoms with Gasteiger partial charge in [-0.2, -0.15) is 15.5 Å². The van der Waals surface area contributed by atoms with Crippen LogP contribution in [0.2, 0.25) is 0 Å². The van der Waals surface area contributed by atoms with E-state index in [1.165, 1.54) is 29.2 Å². The number of hydrogen-bond donors (Lipinski definition) is 6. The number of nitrogens with zero attached hydrogens (tertiary/aromatic N) is 6. The Hall–Kier alpha value is -8.91. The average Bonchev–Trinajstić information content (AvgIpc) is 1.60. The molecule has 2 amide bonds. The first-order valence-electron chi connectivity index (χ1n) is 28.5. The number of phosphoric acid groups is 1. The number of phenols is 1. The number of phosphoric ester groups is 1. The Labute approximate surface area is 522 Å². The molecule has 2 saturated heterocycles. The first kappa shape index (κ1) is 66.5. The molecule has 9 rings (SSSR count). The number of anilines is 1. The maximum atomic E-state index is 15.5. The summed E-state index contributed by atoms with van der Waals surface area (Å²) in [5.74, 6) is 5.21. The number of carbonyl (C=O) groups excluding carboxylic acids is 2. The van der Waals surface area contributed by atoms with Crippen LogP contribution in [0, 0.1) is 40.4 Å². The lowest BCUT2D eigenvalue weighted by Gasteiger charge is -2.37. The van der Waals surface area contributed by atoms with Crippen LogP contribution in [0.3, 0.4) is 0 Å². The molecular weight excluding hydrogens is 1220 g/mol. The Balaban J connectivity index is 1.06. The van der Waals surface area contributed by atoms with Gasteiger partial charge in [-0.15, -0.1) is 0 Å². The topological polar surface area (TPSA) is 380 Å². The SMILES string of the molecule is COc1ccc(C(OC[C@H]2O[C@@H](n3cc(C#CCNC(=O)Cc4ccc(O)cc4)c(=O)[nH]c3=O)CC2OP(=O)(OCCC#N)OC[C@H]2O[C@@H](n3cnc4c(=O)[nH]c(NC(=O)C(C)C)nc43)CC2OP(N)OCCC#N)(c2ccccc2)c2ccc(OC)cc2)cc1. The van der Waals surface area contributed by atoms with E-state index in [-0.39, 0.29) is 86.2 Å². The highest BCUT2D eigenvalue weighted by molar-refractivity contribution is 7.48. The smallest absolute Gasteiger partial charge is 0.475 e. The summed E-state index contributed by atoms with van der Waals surface area (Å²) in [6, 6.07) is 33.8. The summed E-state index contributed by atoms with van der Waals surface area (Å²) in [6.07, 6.45) is -5.30. The average molecular weight is 1290 g/mol. The summed E-state index contributed by atoms with van der Waals surface area (Å²) in [4.78, 5) is 79.4. The van der Waals surface area contributed by atoms with E-state index in [0.29, 0.717) is 33.8 Å². The van der Waals surface area contributed by atoms with Crippen molar-refractivity contribution in [2.75, 3.05) is 52.5 Å². The molecule has 0 bridgehead atoms. The lowest BCUT2D eigenvalue weighted by Crippen LogP contribution is -2.38. The van der Waals surface area contributed by atoms with Crippen LogP contribution in [0.25, 0.3) is 11.2 Å². The molecule has 28 nitrogen and oxygen atoms in total. The van der Waals surface area contributed by atoms with E-state index >= 15 is 4.57 Å². The second-order valence-electron chi connectivity index (χ2n) is 20.9. The number of aromatic hydroxyl groups is 1. The first-order valence-corrected chi connectivity index (χ1v) is 31.3. The highest BCUT2D eigenvalue weighted by Gasteiger charge is 2.48. The van der Waals surface area contributed by atoms with Gasteiger partial charge < -0.3 is 43.2 Å². The van der Waals surface area contributed by atoms with Crippen molar-refractivity contribution >= 4 is 45.3 Å². The van der Waals surface area contributed by atoms with Crippen LogP contribution in [0.1, 0.15) is 79.8 Å². The van der Waals surface area contributed by atoms with Gasteiger partial charge in [0.15, 0.2) is 11.2 Å². The maximum Gasteiger partial charge on any atom is 0.475 e. The zero-order valence-corrected chi connectivity index (χ0v) is 51.5. The molecule has 0 aliphatic carbocycles. The number of fused-ring (bicyclic) bond motifs is 1. The summed E-state index contributed by atoms with van der Waals surface area (Å²) < 4.78 is 79.9. The number of benzene rings is 4. The monoisotopic (exact) mass is 1290 g/mol. The normalized spacial score (nSPS) is 18.9. The largest absolute Gasteiger partial charge is 0.508 e. The molecule has 0 spiro atoms. The standard InChI is InChI=1S/C61H65N11O17P2/c1-38(2)56(75)68-59-67-55-54(58(77)69-59)66-37-72(55)53-32-47(88-90(64)83-29-9-26-62)50(87-53)36-85-91(79,84-30-10-27-63)89-48-33-52(71-34-40(57(76)70-60(71)78)11-8-28-65-51(74)31-39-14-20-44(73)21-15-39)86-49(48)35-82-61(41-12-6-5-7-13-41,42-16-22-45(80-3)23-17-42)43-18-24-46(81-4)25-19-43/h5-7,12-25,34,37-38,47-50,52-53,73H,9-10,28-33,35-36,64H2,1-4H3,(H,65,74)(H,70,76,78)(H2,67,68,69,75,77)/t47?,48?,49-,50-,52-,53-,90?,91?/m1/s1. The fraction of sp³-hybridized carbons (Fsp3) is 0.361. The van der Waals surface area contributed by atoms with Gasteiger partial charge in [-0.3, -0.25) is 62.7 Å². The fourth-order valence-corrected chi connectivity index (χ4v) is 12.1. The van der Waals surface area contributed by atoms with Gasteiger partial charge in [-0.25, -0.2) is 14.3 Å². The summed E-state index contributed by atoms with van der Waals surface area (Å²) in [6.45, 7) is 1.61. The highest BCUT2D eigenvalue weighted by Crippen LogP contribution is 2.55. The Morgan fingerprint density at radius 2 is 1.45 bits per heavy atom. The van der Waals surface area contributed by atoms with E-state index in [0.717, 1.165) is 4.57 Å². The van der Waals surface area contributed by atoms with Gasteiger partial charge in [0.05, 0.1) is 91.0 Å². The summed E-state index contributed by atoms with van der Waals surface area (Å²) in [5, 5.41) is 33.7. The van der Waals surface area contributed by atoms with Crippen LogP contribution < -0.4 is 42.4 Å². The second-order valence-corrected chi connectivity index (χ2v) is 23.5. The van der Waals surface area contributed by atoms with E-state index in [4.69, 9.17) is 51.8 Å². The minimum absolute atomic E-state index is 0.00123. The van der Waals surface area contributed by atoms with Gasteiger partial charge in [0, 0.05) is 25.0 Å². The number of aromatic amines is 2. The van der Waals surface area contributed by atoms with Crippen molar-refractivity contribution in [3.63, 3.8) is 0 Å². The molecule has 2 fully saturated rings. The quantitative estimate of drug-likeness (QED) is 0.0137. The number of amides is 2. The third-order valence-corrected chi connectivity index (χ3v) is 16.9. The lowest BCUT2D eigenvalue weighted by molar-refractivity contribution is -0.120. The molecule has 0 radical (unpaired) electrons. The molecule has 2 aliphatic heterocycles. The van der Waals surface area contributed by atoms with Crippen molar-refractivity contribution in [1.82, 2.24) is 34.4 Å². The second kappa shape index (κ2) is 30.7. The number of nitriles is 2. The number of methoxy groups -OCH3 is 2. The molecule has 91 heavy (non-hydrogen) atoms. The predicted octanol–water partition coefficient (Wildman–Crippen LogP) is 6.22. The molecule has 30 heteroatoms.